The van der Waals surface area contributed by atoms with Crippen molar-refractivity contribution in [3.8, 4) is 5.75 Å². The lowest BCUT2D eigenvalue weighted by molar-refractivity contribution is -0.148. The number of ether oxygens (including phenoxy) is 1. The third-order valence-corrected chi connectivity index (χ3v) is 4.67. The van der Waals surface area contributed by atoms with Gasteiger partial charge < -0.3 is 14.7 Å². The van der Waals surface area contributed by atoms with E-state index < -0.39 is 12.0 Å². The second kappa shape index (κ2) is 8.18. The summed E-state index contributed by atoms with van der Waals surface area (Å²) >= 11 is 0. The molecule has 142 valence electrons. The number of phenolic OH excluding ortho intramolecular Hbond substituents is 1. The Labute approximate surface area is 156 Å². The number of aromatic hydroxyl groups is 1. The van der Waals surface area contributed by atoms with Crippen molar-refractivity contribution in [1.29, 1.82) is 0 Å². The summed E-state index contributed by atoms with van der Waals surface area (Å²) in [5, 5.41) is 9.55. The maximum atomic E-state index is 13.2. The maximum Gasteiger partial charge on any atom is 0.327 e. The summed E-state index contributed by atoms with van der Waals surface area (Å²) in [6.07, 6.45) is 0. The molecule has 0 aliphatic carbocycles. The van der Waals surface area contributed by atoms with Gasteiger partial charge in [-0.2, -0.15) is 0 Å². The summed E-state index contributed by atoms with van der Waals surface area (Å²) in [6.45, 7) is 1.82. The Bertz CT molecular complexity index is 817. The first-order valence-corrected chi connectivity index (χ1v) is 8.65. The van der Waals surface area contributed by atoms with Gasteiger partial charge >= 0.3 is 5.97 Å². The van der Waals surface area contributed by atoms with Gasteiger partial charge in [0.25, 0.3) is 5.91 Å². The van der Waals surface area contributed by atoms with Crippen LogP contribution in [0.2, 0.25) is 0 Å². The average molecular weight is 372 g/mol. The van der Waals surface area contributed by atoms with E-state index in [9.17, 15) is 19.1 Å². The van der Waals surface area contributed by atoms with Crippen LogP contribution >= 0.6 is 0 Å². The predicted octanol–water partition coefficient (Wildman–Crippen LogP) is 2.20. The monoisotopic (exact) mass is 372 g/mol. The summed E-state index contributed by atoms with van der Waals surface area (Å²) in [5.74, 6) is -0.915. The number of esters is 1. The number of rotatable bonds is 4. The van der Waals surface area contributed by atoms with E-state index in [0.717, 1.165) is 0 Å². The van der Waals surface area contributed by atoms with Crippen LogP contribution in [-0.4, -0.2) is 60.1 Å². The van der Waals surface area contributed by atoms with Crippen LogP contribution in [-0.2, 0) is 9.53 Å². The lowest BCUT2D eigenvalue weighted by Gasteiger charge is -2.38. The van der Waals surface area contributed by atoms with E-state index in [1.165, 1.54) is 31.4 Å². The zero-order valence-electron chi connectivity index (χ0n) is 15.0. The van der Waals surface area contributed by atoms with Gasteiger partial charge in [0.05, 0.1) is 7.11 Å². The van der Waals surface area contributed by atoms with Gasteiger partial charge in [-0.05, 0) is 35.9 Å². The van der Waals surface area contributed by atoms with Gasteiger partial charge in [0.2, 0.25) is 0 Å². The molecule has 1 atom stereocenters. The molecule has 0 aromatic heterocycles. The van der Waals surface area contributed by atoms with Crippen LogP contribution in [0.15, 0.2) is 48.5 Å². The third-order valence-electron chi connectivity index (χ3n) is 4.67. The fraction of sp³-hybridized carbons (Fsp3) is 0.300. The fourth-order valence-electron chi connectivity index (χ4n) is 3.26. The highest BCUT2D eigenvalue weighted by Crippen LogP contribution is 2.25. The number of methoxy groups -OCH3 is 1. The van der Waals surface area contributed by atoms with Crippen molar-refractivity contribution in [1.82, 2.24) is 9.80 Å². The minimum absolute atomic E-state index is 0.0431. The first-order valence-electron chi connectivity index (χ1n) is 8.65. The smallest absolute Gasteiger partial charge is 0.327 e. The quantitative estimate of drug-likeness (QED) is 0.834. The molecule has 1 N–H and O–H groups in total. The molecule has 0 spiro atoms. The number of piperazine rings is 1. The van der Waals surface area contributed by atoms with Gasteiger partial charge in [0.1, 0.15) is 17.6 Å². The molecule has 6 nitrogen and oxygen atoms in total. The SMILES string of the molecule is COC(=O)C(c1ccc(F)cc1)N1CCN(C(=O)c2cccc(O)c2)CC1. The van der Waals surface area contributed by atoms with Gasteiger partial charge in [-0.15, -0.1) is 0 Å². The predicted molar refractivity (Wildman–Crippen MR) is 96.7 cm³/mol. The Morgan fingerprint density at radius 1 is 1.07 bits per heavy atom. The van der Waals surface area contributed by atoms with Crippen molar-refractivity contribution in [3.05, 3.63) is 65.5 Å². The van der Waals surface area contributed by atoms with Crippen molar-refractivity contribution < 1.29 is 23.8 Å². The number of phenols is 1. The first-order chi connectivity index (χ1) is 13.0. The zero-order valence-corrected chi connectivity index (χ0v) is 15.0. The number of nitrogens with zero attached hydrogens (tertiary/aromatic N) is 2. The molecule has 1 saturated heterocycles. The Hall–Kier alpha value is -2.93. The van der Waals surface area contributed by atoms with Gasteiger partial charge in [0.15, 0.2) is 0 Å². The topological polar surface area (TPSA) is 70.1 Å². The number of benzene rings is 2. The lowest BCUT2D eigenvalue weighted by Crippen LogP contribution is -2.51. The largest absolute Gasteiger partial charge is 0.508 e. The van der Waals surface area contributed by atoms with Crippen LogP contribution in [0.1, 0.15) is 22.0 Å². The highest BCUT2D eigenvalue weighted by atomic mass is 19.1. The van der Waals surface area contributed by atoms with Gasteiger partial charge in [-0.3, -0.25) is 9.69 Å². The van der Waals surface area contributed by atoms with Crippen LogP contribution in [0.5, 0.6) is 5.75 Å². The van der Waals surface area contributed by atoms with Crippen LogP contribution in [0, 0.1) is 5.82 Å². The number of hydrogen-bond donors (Lipinski definition) is 1. The van der Waals surface area contributed by atoms with Gasteiger partial charge in [-0.1, -0.05) is 18.2 Å². The second-order valence-corrected chi connectivity index (χ2v) is 6.36. The summed E-state index contributed by atoms with van der Waals surface area (Å²) in [6, 6.07) is 11.4. The van der Waals surface area contributed by atoms with Crippen LogP contribution < -0.4 is 0 Å². The number of carbonyl (C=O) groups excluding carboxylic acids is 2. The van der Waals surface area contributed by atoms with E-state index in [2.05, 4.69) is 0 Å². The Morgan fingerprint density at radius 3 is 2.33 bits per heavy atom. The summed E-state index contributed by atoms with van der Waals surface area (Å²) < 4.78 is 18.1. The number of amides is 1. The molecular formula is C20H21FN2O4. The van der Waals surface area contributed by atoms with Crippen molar-refractivity contribution in [2.75, 3.05) is 33.3 Å². The fourth-order valence-corrected chi connectivity index (χ4v) is 3.26. The molecule has 1 aliphatic rings. The molecule has 1 aliphatic heterocycles. The molecule has 1 heterocycles. The minimum Gasteiger partial charge on any atom is -0.508 e. The van der Waals surface area contributed by atoms with Crippen molar-refractivity contribution in [2.24, 2.45) is 0 Å². The standard InChI is InChI=1S/C20H21FN2O4/c1-27-20(26)18(14-5-7-16(21)8-6-14)22-9-11-23(12-10-22)19(25)15-3-2-4-17(24)13-15/h2-8,13,18,24H,9-12H2,1H3. The molecule has 0 radical (unpaired) electrons. The molecule has 27 heavy (non-hydrogen) atoms. The lowest BCUT2D eigenvalue weighted by atomic mass is 10.0. The Balaban J connectivity index is 1.71. The molecule has 3 rings (SSSR count). The van der Waals surface area contributed by atoms with E-state index >= 15 is 0 Å². The Morgan fingerprint density at radius 2 is 1.74 bits per heavy atom. The summed E-state index contributed by atoms with van der Waals surface area (Å²) in [7, 11) is 1.32. The molecule has 2 aromatic rings. The molecule has 0 bridgehead atoms. The van der Waals surface area contributed by atoms with E-state index in [1.807, 2.05) is 4.90 Å². The number of carbonyl (C=O) groups is 2. The van der Waals surface area contributed by atoms with E-state index in [0.29, 0.717) is 37.3 Å². The maximum absolute atomic E-state index is 13.2. The van der Waals surface area contributed by atoms with Crippen LogP contribution in [0.4, 0.5) is 4.39 Å². The third kappa shape index (κ3) is 4.25. The summed E-state index contributed by atoms with van der Waals surface area (Å²) in [4.78, 5) is 28.5. The van der Waals surface area contributed by atoms with E-state index in [1.54, 1.807) is 29.2 Å². The van der Waals surface area contributed by atoms with Gasteiger partial charge in [-0.25, -0.2) is 9.18 Å². The molecule has 1 unspecified atom stereocenters. The number of hydrogen-bond acceptors (Lipinski definition) is 5. The van der Waals surface area contributed by atoms with Crippen molar-refractivity contribution in [3.63, 3.8) is 0 Å². The van der Waals surface area contributed by atoms with E-state index in [-0.39, 0.29) is 17.5 Å². The highest BCUT2D eigenvalue weighted by molar-refractivity contribution is 5.94. The molecule has 1 amide bonds. The van der Waals surface area contributed by atoms with Gasteiger partial charge in [0, 0.05) is 31.7 Å². The molecular weight excluding hydrogens is 351 g/mol. The summed E-state index contributed by atoms with van der Waals surface area (Å²) in [5.41, 5.74) is 1.07. The van der Waals surface area contributed by atoms with Crippen molar-refractivity contribution in [2.45, 2.75) is 6.04 Å². The first kappa shape index (κ1) is 18.8. The highest BCUT2D eigenvalue weighted by Gasteiger charge is 2.32. The molecule has 1 fully saturated rings. The Kier molecular flexibility index (Phi) is 5.71. The average Bonchev–Trinajstić information content (AvgIpc) is 2.69. The molecule has 7 heteroatoms. The van der Waals surface area contributed by atoms with Crippen LogP contribution in [0.3, 0.4) is 0 Å². The van der Waals surface area contributed by atoms with Crippen molar-refractivity contribution >= 4 is 11.9 Å². The zero-order chi connectivity index (χ0) is 19.4. The minimum atomic E-state index is -0.645. The van der Waals surface area contributed by atoms with E-state index in [4.69, 9.17) is 4.74 Å². The normalized spacial score (nSPS) is 16.0. The second-order valence-electron chi connectivity index (χ2n) is 6.36. The number of halogens is 1. The molecule has 0 saturated carbocycles. The van der Waals surface area contributed by atoms with Crippen LogP contribution in [0.25, 0.3) is 0 Å². The molecule has 2 aromatic carbocycles.